The van der Waals surface area contributed by atoms with Gasteiger partial charge in [-0.15, -0.1) is 13.2 Å². The van der Waals surface area contributed by atoms with Gasteiger partial charge in [-0.2, -0.15) is 0 Å². The van der Waals surface area contributed by atoms with Crippen LogP contribution in [0.4, 0.5) is 13.2 Å². The molecule has 0 N–H and O–H groups in total. The SMILES string of the molecule is Cc1c(CBr)ncc(OC(F)(F)F)c1I. The average molecular weight is 396 g/mol. The van der Waals surface area contributed by atoms with E-state index in [9.17, 15) is 13.2 Å². The van der Waals surface area contributed by atoms with Crippen molar-refractivity contribution in [2.45, 2.75) is 18.6 Å². The highest BCUT2D eigenvalue weighted by Crippen LogP contribution is 2.30. The topological polar surface area (TPSA) is 22.1 Å². The van der Waals surface area contributed by atoms with E-state index in [-0.39, 0.29) is 5.75 Å². The third-order valence-electron chi connectivity index (χ3n) is 1.67. The van der Waals surface area contributed by atoms with Gasteiger partial charge in [0.25, 0.3) is 0 Å². The number of pyridine rings is 1. The molecule has 0 saturated heterocycles. The summed E-state index contributed by atoms with van der Waals surface area (Å²) in [5.41, 5.74) is 1.39. The van der Waals surface area contributed by atoms with E-state index >= 15 is 0 Å². The zero-order valence-corrected chi connectivity index (χ0v) is 11.3. The fourth-order valence-corrected chi connectivity index (χ4v) is 2.06. The van der Waals surface area contributed by atoms with Gasteiger partial charge in [0.15, 0.2) is 5.75 Å². The molecule has 0 aliphatic carbocycles. The number of aromatic nitrogens is 1. The number of alkyl halides is 4. The lowest BCUT2D eigenvalue weighted by atomic mass is 10.2. The van der Waals surface area contributed by atoms with Crippen molar-refractivity contribution in [3.05, 3.63) is 21.0 Å². The Morgan fingerprint density at radius 1 is 1.53 bits per heavy atom. The molecular weight excluding hydrogens is 390 g/mol. The second kappa shape index (κ2) is 4.86. The third-order valence-corrected chi connectivity index (χ3v) is 3.54. The van der Waals surface area contributed by atoms with Gasteiger partial charge >= 0.3 is 6.36 Å². The number of hydrogen-bond donors (Lipinski definition) is 0. The van der Waals surface area contributed by atoms with Crippen LogP contribution in [0.2, 0.25) is 0 Å². The van der Waals surface area contributed by atoms with E-state index in [2.05, 4.69) is 25.7 Å². The lowest BCUT2D eigenvalue weighted by molar-refractivity contribution is -0.275. The molecule has 2 nitrogen and oxygen atoms in total. The summed E-state index contributed by atoms with van der Waals surface area (Å²) in [4.78, 5) is 3.87. The van der Waals surface area contributed by atoms with Gasteiger partial charge < -0.3 is 4.74 Å². The average Bonchev–Trinajstić information content (AvgIpc) is 2.11. The van der Waals surface area contributed by atoms with Crippen LogP contribution < -0.4 is 4.74 Å². The smallest absolute Gasteiger partial charge is 0.403 e. The zero-order chi connectivity index (χ0) is 11.6. The second-order valence-electron chi connectivity index (χ2n) is 2.69. The molecule has 0 aliphatic heterocycles. The Bertz CT molecular complexity index is 370. The molecule has 7 heteroatoms. The lowest BCUT2D eigenvalue weighted by Crippen LogP contribution is -2.18. The lowest BCUT2D eigenvalue weighted by Gasteiger charge is -2.12. The summed E-state index contributed by atoms with van der Waals surface area (Å²) in [6, 6.07) is 0. The predicted octanol–water partition coefficient (Wildman–Crippen LogP) is 3.79. The minimum absolute atomic E-state index is 0.259. The molecule has 1 rings (SSSR count). The number of rotatable bonds is 2. The molecule has 0 aromatic carbocycles. The fraction of sp³-hybridized carbons (Fsp3) is 0.375. The number of ether oxygens (including phenoxy) is 1. The van der Waals surface area contributed by atoms with Crippen molar-refractivity contribution in [1.82, 2.24) is 4.98 Å². The van der Waals surface area contributed by atoms with Crippen molar-refractivity contribution in [3.63, 3.8) is 0 Å². The Hall–Kier alpha value is -0.0500. The largest absolute Gasteiger partial charge is 0.573 e. The maximum Gasteiger partial charge on any atom is 0.573 e. The van der Waals surface area contributed by atoms with Crippen molar-refractivity contribution < 1.29 is 17.9 Å². The van der Waals surface area contributed by atoms with Gasteiger partial charge in [0.05, 0.1) is 15.5 Å². The summed E-state index contributed by atoms with van der Waals surface area (Å²) in [6.07, 6.45) is -3.59. The maximum atomic E-state index is 12.0. The van der Waals surface area contributed by atoms with Crippen molar-refractivity contribution >= 4 is 38.5 Å². The Morgan fingerprint density at radius 2 is 2.13 bits per heavy atom. The second-order valence-corrected chi connectivity index (χ2v) is 4.33. The van der Waals surface area contributed by atoms with Gasteiger partial charge in [-0.05, 0) is 35.1 Å². The summed E-state index contributed by atoms with van der Waals surface area (Å²) < 4.78 is 40.2. The van der Waals surface area contributed by atoms with Gasteiger partial charge in [-0.25, -0.2) is 0 Å². The van der Waals surface area contributed by atoms with E-state index < -0.39 is 6.36 Å². The van der Waals surface area contributed by atoms with Crippen LogP contribution in [0, 0.1) is 10.5 Å². The zero-order valence-electron chi connectivity index (χ0n) is 7.53. The molecule has 0 radical (unpaired) electrons. The van der Waals surface area contributed by atoms with Crippen molar-refractivity contribution in [1.29, 1.82) is 0 Å². The van der Waals surface area contributed by atoms with Crippen LogP contribution in [-0.4, -0.2) is 11.3 Å². The van der Waals surface area contributed by atoms with Crippen LogP contribution in [0.5, 0.6) is 5.75 Å². The third kappa shape index (κ3) is 3.47. The number of halogens is 5. The summed E-state index contributed by atoms with van der Waals surface area (Å²) in [7, 11) is 0. The van der Waals surface area contributed by atoms with E-state index in [1.54, 1.807) is 6.92 Å². The molecular formula is C8H6BrF3INO. The molecule has 84 valence electrons. The van der Waals surface area contributed by atoms with Crippen molar-refractivity contribution in [3.8, 4) is 5.75 Å². The van der Waals surface area contributed by atoms with E-state index in [0.717, 1.165) is 6.20 Å². The van der Waals surface area contributed by atoms with Crippen LogP contribution in [0.3, 0.4) is 0 Å². The summed E-state index contributed by atoms with van der Waals surface area (Å²) in [5.74, 6) is -0.259. The van der Waals surface area contributed by atoms with Crippen molar-refractivity contribution in [2.24, 2.45) is 0 Å². The quantitative estimate of drug-likeness (QED) is 0.561. The van der Waals surface area contributed by atoms with Gasteiger partial charge in [-0.1, -0.05) is 15.9 Å². The molecule has 0 saturated carbocycles. The molecule has 0 bridgehead atoms. The number of nitrogens with zero attached hydrogens (tertiary/aromatic N) is 1. The van der Waals surface area contributed by atoms with Crippen LogP contribution in [0.1, 0.15) is 11.3 Å². The molecule has 15 heavy (non-hydrogen) atoms. The van der Waals surface area contributed by atoms with Crippen LogP contribution >= 0.6 is 38.5 Å². The van der Waals surface area contributed by atoms with E-state index in [4.69, 9.17) is 0 Å². The maximum absolute atomic E-state index is 12.0. The molecule has 1 aromatic heterocycles. The fourth-order valence-electron chi connectivity index (χ4n) is 0.932. The summed E-state index contributed by atoms with van der Waals surface area (Å²) in [6.45, 7) is 1.70. The molecule has 1 heterocycles. The van der Waals surface area contributed by atoms with Crippen LogP contribution in [0.15, 0.2) is 6.20 Å². The Balaban J connectivity index is 3.07. The molecule has 0 spiro atoms. The normalized spacial score (nSPS) is 11.6. The van der Waals surface area contributed by atoms with E-state index in [1.165, 1.54) is 0 Å². The predicted molar refractivity (Wildman–Crippen MR) is 61.0 cm³/mol. The molecule has 0 atom stereocenters. The summed E-state index contributed by atoms with van der Waals surface area (Å²) >= 11 is 5.01. The van der Waals surface area contributed by atoms with Crippen LogP contribution in [-0.2, 0) is 5.33 Å². The Kier molecular flexibility index (Phi) is 4.21. The van der Waals surface area contributed by atoms with Gasteiger partial charge in [0.2, 0.25) is 0 Å². The Morgan fingerprint density at radius 3 is 2.60 bits per heavy atom. The standard InChI is InChI=1S/C8H6BrF3INO/c1-4-5(2-9)14-3-6(7(4)13)15-8(10,11)12/h3H,2H2,1H3. The first-order valence-corrected chi connectivity index (χ1v) is 6.01. The molecule has 0 fully saturated rings. The minimum Gasteiger partial charge on any atom is -0.403 e. The van der Waals surface area contributed by atoms with Gasteiger partial charge in [0, 0.05) is 5.33 Å². The first-order valence-electron chi connectivity index (χ1n) is 3.81. The van der Waals surface area contributed by atoms with Crippen molar-refractivity contribution in [2.75, 3.05) is 0 Å². The monoisotopic (exact) mass is 395 g/mol. The highest BCUT2D eigenvalue weighted by Gasteiger charge is 2.32. The highest BCUT2D eigenvalue weighted by molar-refractivity contribution is 14.1. The number of hydrogen-bond acceptors (Lipinski definition) is 2. The molecule has 0 amide bonds. The Labute approximate surface area is 106 Å². The minimum atomic E-state index is -4.68. The van der Waals surface area contributed by atoms with E-state index in [0.29, 0.717) is 20.2 Å². The van der Waals surface area contributed by atoms with E-state index in [1.807, 2.05) is 22.6 Å². The first-order chi connectivity index (χ1) is 6.85. The van der Waals surface area contributed by atoms with Crippen LogP contribution in [0.25, 0.3) is 0 Å². The molecule has 0 aliphatic rings. The first kappa shape index (κ1) is 13.0. The highest BCUT2D eigenvalue weighted by atomic mass is 127. The van der Waals surface area contributed by atoms with Gasteiger partial charge in [-0.3, -0.25) is 4.98 Å². The van der Waals surface area contributed by atoms with Gasteiger partial charge in [0.1, 0.15) is 0 Å². The summed E-state index contributed by atoms with van der Waals surface area (Å²) in [5, 5.41) is 0.501. The molecule has 1 aromatic rings. The molecule has 0 unspecified atom stereocenters.